The molecule has 0 aliphatic carbocycles. The fraction of sp³-hybridized carbons (Fsp3) is 0.368. The molecule has 0 radical (unpaired) electrons. The minimum Gasteiger partial charge on any atom is -0.394 e. The highest BCUT2D eigenvalue weighted by molar-refractivity contribution is 7.71. The van der Waals surface area contributed by atoms with E-state index in [9.17, 15) is 25.7 Å². The summed E-state index contributed by atoms with van der Waals surface area (Å²) >= 11 is 11.4. The Labute approximate surface area is 171 Å². The normalized spacial score (nSPS) is 27.4. The lowest BCUT2D eigenvalue weighted by Crippen LogP contribution is -2.56. The second-order valence-electron chi connectivity index (χ2n) is 6.59. The molecule has 148 valence electrons. The largest absolute Gasteiger partial charge is 0.394 e. The van der Waals surface area contributed by atoms with Crippen molar-refractivity contribution < 1.29 is 25.2 Å². The lowest BCUT2D eigenvalue weighted by molar-refractivity contribution is -0.252. The van der Waals surface area contributed by atoms with Gasteiger partial charge in [0.05, 0.1) is 12.2 Å². The van der Waals surface area contributed by atoms with Crippen molar-refractivity contribution in [3.05, 3.63) is 51.3 Å². The molecule has 28 heavy (non-hydrogen) atoms. The molecule has 1 aromatic heterocycles. The number of halogens is 1. The molecule has 0 unspecified atom stereocenters. The second kappa shape index (κ2) is 8.27. The summed E-state index contributed by atoms with van der Waals surface area (Å²) in [5.74, 6) is 0. The van der Waals surface area contributed by atoms with E-state index in [1.165, 1.54) is 4.57 Å². The third kappa shape index (κ3) is 3.58. The molecule has 5 atom stereocenters. The summed E-state index contributed by atoms with van der Waals surface area (Å²) in [4.78, 5) is 0. The Kier molecular flexibility index (Phi) is 6.17. The van der Waals surface area contributed by atoms with Crippen LogP contribution in [0.4, 0.5) is 0 Å². The van der Waals surface area contributed by atoms with Gasteiger partial charge in [0.25, 0.3) is 0 Å². The lowest BCUT2D eigenvalue weighted by atomic mass is 9.97. The quantitative estimate of drug-likeness (QED) is 0.556. The number of aliphatic hydroxyl groups excluding tert-OH is 4. The molecule has 1 aliphatic rings. The van der Waals surface area contributed by atoms with Crippen LogP contribution in [0.3, 0.4) is 0 Å². The topological polar surface area (TPSA) is 119 Å². The molecule has 1 aromatic carbocycles. The summed E-state index contributed by atoms with van der Waals surface area (Å²) in [6.45, 7) is 1.17. The number of pyridine rings is 1. The van der Waals surface area contributed by atoms with Gasteiger partial charge in [0, 0.05) is 16.3 Å². The van der Waals surface area contributed by atoms with E-state index in [1.54, 1.807) is 37.3 Å². The first-order chi connectivity index (χ1) is 13.3. The van der Waals surface area contributed by atoms with E-state index in [0.29, 0.717) is 16.3 Å². The van der Waals surface area contributed by atoms with Gasteiger partial charge in [0.2, 0.25) is 0 Å². The molecule has 1 aliphatic heterocycles. The number of aryl methyl sites for hydroxylation is 1. The number of aliphatic hydroxyl groups is 4. The van der Waals surface area contributed by atoms with Crippen LogP contribution >= 0.6 is 23.8 Å². The number of nitrogens with zero attached hydrogens (tertiary/aromatic N) is 2. The minimum absolute atomic E-state index is 0.108. The van der Waals surface area contributed by atoms with Crippen molar-refractivity contribution in [3.8, 4) is 17.2 Å². The molecule has 0 saturated carbocycles. The predicted octanol–water partition coefficient (Wildman–Crippen LogP) is 1.69. The SMILES string of the molecule is Cc1cc(-c2ccc(Cl)cc2)c(C#N)c(=S)n1[C@H]1O[C@@H](CO)[C@@H](O)[C@@H](O)[C@H]1O. The summed E-state index contributed by atoms with van der Waals surface area (Å²) in [7, 11) is 0. The number of aromatic nitrogens is 1. The maximum Gasteiger partial charge on any atom is 0.164 e. The van der Waals surface area contributed by atoms with Crippen molar-refractivity contribution >= 4 is 23.8 Å². The van der Waals surface area contributed by atoms with Crippen LogP contribution in [0.15, 0.2) is 30.3 Å². The Morgan fingerprint density at radius 1 is 1.18 bits per heavy atom. The van der Waals surface area contributed by atoms with Crippen molar-refractivity contribution in [1.29, 1.82) is 5.26 Å². The van der Waals surface area contributed by atoms with Gasteiger partial charge in [-0.15, -0.1) is 0 Å². The number of benzene rings is 1. The average Bonchev–Trinajstić information content (AvgIpc) is 2.68. The second-order valence-corrected chi connectivity index (χ2v) is 7.41. The van der Waals surface area contributed by atoms with Crippen molar-refractivity contribution in [2.75, 3.05) is 6.61 Å². The fourth-order valence-electron chi connectivity index (χ4n) is 3.32. The van der Waals surface area contributed by atoms with E-state index >= 15 is 0 Å². The summed E-state index contributed by atoms with van der Waals surface area (Å²) in [6.07, 6.45) is -6.77. The van der Waals surface area contributed by atoms with Gasteiger partial charge >= 0.3 is 0 Å². The van der Waals surface area contributed by atoms with Gasteiger partial charge in [0.15, 0.2) is 6.23 Å². The Hall–Kier alpha value is -1.83. The molecule has 2 aromatic rings. The number of nitriles is 1. The van der Waals surface area contributed by atoms with Gasteiger partial charge in [-0.1, -0.05) is 36.0 Å². The molecule has 7 nitrogen and oxygen atoms in total. The van der Waals surface area contributed by atoms with E-state index in [-0.39, 0.29) is 10.2 Å². The zero-order chi connectivity index (χ0) is 20.6. The molecular weight excluding hydrogens is 404 g/mol. The van der Waals surface area contributed by atoms with Crippen LogP contribution in [-0.4, -0.2) is 56.0 Å². The van der Waals surface area contributed by atoms with Crippen molar-refractivity contribution in [2.45, 2.75) is 37.6 Å². The number of hydrogen-bond acceptors (Lipinski definition) is 7. The zero-order valence-corrected chi connectivity index (χ0v) is 16.4. The fourth-order valence-corrected chi connectivity index (χ4v) is 3.85. The Morgan fingerprint density at radius 2 is 1.82 bits per heavy atom. The first kappa shape index (κ1) is 20.9. The van der Waals surface area contributed by atoms with Crippen molar-refractivity contribution in [3.63, 3.8) is 0 Å². The van der Waals surface area contributed by atoms with Crippen LogP contribution in [0.5, 0.6) is 0 Å². The highest BCUT2D eigenvalue weighted by Gasteiger charge is 2.44. The first-order valence-electron chi connectivity index (χ1n) is 8.52. The lowest BCUT2D eigenvalue weighted by Gasteiger charge is -2.41. The maximum absolute atomic E-state index is 10.4. The van der Waals surface area contributed by atoms with Gasteiger partial charge < -0.3 is 29.7 Å². The smallest absolute Gasteiger partial charge is 0.164 e. The molecule has 0 bridgehead atoms. The number of rotatable bonds is 3. The number of hydrogen-bond donors (Lipinski definition) is 4. The standard InChI is InChI=1S/C19H19ClN2O5S/c1-9-6-12(10-2-4-11(20)5-3-10)13(7-21)19(28)22(9)18-17(26)16(25)15(24)14(8-23)27-18/h2-6,14-18,23-26H,8H2,1H3/t14-,15+,16+,17+,18-/m0/s1. The van der Waals surface area contributed by atoms with Crippen LogP contribution in [0, 0.1) is 22.9 Å². The summed E-state index contributed by atoms with van der Waals surface area (Å²) in [6, 6.07) is 10.8. The van der Waals surface area contributed by atoms with Gasteiger partial charge in [0.1, 0.15) is 35.1 Å². The van der Waals surface area contributed by atoms with Gasteiger partial charge in [-0.25, -0.2) is 0 Å². The van der Waals surface area contributed by atoms with E-state index in [4.69, 9.17) is 28.6 Å². The molecule has 0 spiro atoms. The minimum atomic E-state index is -1.54. The van der Waals surface area contributed by atoms with Crippen molar-refractivity contribution in [1.82, 2.24) is 4.57 Å². The maximum atomic E-state index is 10.4. The summed E-state index contributed by atoms with van der Waals surface area (Å²) in [5.41, 5.74) is 2.11. The van der Waals surface area contributed by atoms with E-state index < -0.39 is 37.3 Å². The molecule has 4 N–H and O–H groups in total. The van der Waals surface area contributed by atoms with Crippen molar-refractivity contribution in [2.24, 2.45) is 0 Å². The molecule has 9 heteroatoms. The van der Waals surface area contributed by atoms with Gasteiger partial charge in [-0.3, -0.25) is 0 Å². The van der Waals surface area contributed by atoms with Crippen LogP contribution in [0.2, 0.25) is 5.02 Å². The summed E-state index contributed by atoms with van der Waals surface area (Å²) in [5, 5.41) is 50.2. The Bertz CT molecular complexity index is 970. The first-order valence-corrected chi connectivity index (χ1v) is 9.31. The molecular formula is C19H19ClN2O5S. The van der Waals surface area contributed by atoms with Crippen LogP contribution in [0.25, 0.3) is 11.1 Å². The molecule has 1 saturated heterocycles. The monoisotopic (exact) mass is 422 g/mol. The van der Waals surface area contributed by atoms with Crippen LogP contribution in [-0.2, 0) is 4.74 Å². The van der Waals surface area contributed by atoms with Gasteiger partial charge in [-0.2, -0.15) is 5.26 Å². The van der Waals surface area contributed by atoms with E-state index in [2.05, 4.69) is 6.07 Å². The van der Waals surface area contributed by atoms with E-state index in [1.807, 2.05) is 0 Å². The molecule has 0 amide bonds. The predicted molar refractivity (Wildman–Crippen MR) is 104 cm³/mol. The Morgan fingerprint density at radius 3 is 2.39 bits per heavy atom. The zero-order valence-electron chi connectivity index (χ0n) is 14.9. The van der Waals surface area contributed by atoms with E-state index in [0.717, 1.165) is 5.56 Å². The molecule has 3 rings (SSSR count). The third-order valence-electron chi connectivity index (χ3n) is 4.82. The third-order valence-corrected chi connectivity index (χ3v) is 5.48. The van der Waals surface area contributed by atoms with Gasteiger partial charge in [-0.05, 0) is 30.7 Å². The molecule has 2 heterocycles. The average molecular weight is 423 g/mol. The Balaban J connectivity index is 2.14. The molecule has 1 fully saturated rings. The summed E-state index contributed by atoms with van der Waals surface area (Å²) < 4.78 is 7.12. The highest BCUT2D eigenvalue weighted by atomic mass is 35.5. The van der Waals surface area contributed by atoms with Crippen LogP contribution in [0.1, 0.15) is 17.5 Å². The highest BCUT2D eigenvalue weighted by Crippen LogP contribution is 2.33. The van der Waals surface area contributed by atoms with Crippen LogP contribution < -0.4 is 0 Å². The number of ether oxygens (including phenoxy) is 1.